The number of nitrogens with one attached hydrogen (secondary N) is 2. The second-order valence-corrected chi connectivity index (χ2v) is 5.60. The van der Waals surface area contributed by atoms with Gasteiger partial charge in [0.1, 0.15) is 0 Å². The smallest absolute Gasteiger partial charge is 0.0902 e. The van der Waals surface area contributed by atoms with Gasteiger partial charge in [-0.3, -0.25) is 0 Å². The predicted octanol–water partition coefficient (Wildman–Crippen LogP) is 1.39. The fraction of sp³-hybridized carbons (Fsp3) is 1.00. The molecule has 1 aliphatic rings. The third-order valence-electron chi connectivity index (χ3n) is 3.29. The van der Waals surface area contributed by atoms with Crippen molar-refractivity contribution >= 4 is 0 Å². The van der Waals surface area contributed by atoms with Gasteiger partial charge in [0.05, 0.1) is 12.2 Å². The first-order valence-electron chi connectivity index (χ1n) is 6.03. The van der Waals surface area contributed by atoms with E-state index in [0.717, 1.165) is 32.8 Å². The minimum absolute atomic E-state index is 0.0992. The summed E-state index contributed by atoms with van der Waals surface area (Å²) in [5.74, 6) is 0. The molecule has 1 rings (SSSR count). The SMILES string of the molecule is CCC(C)(C)CNCCOC1(C)CNC1. The van der Waals surface area contributed by atoms with Gasteiger partial charge in [0.15, 0.2) is 0 Å². The van der Waals surface area contributed by atoms with E-state index in [-0.39, 0.29) is 5.60 Å². The maximum Gasteiger partial charge on any atom is 0.0902 e. The number of hydrogen-bond acceptors (Lipinski definition) is 3. The topological polar surface area (TPSA) is 33.3 Å². The molecule has 15 heavy (non-hydrogen) atoms. The van der Waals surface area contributed by atoms with Crippen LogP contribution in [0.15, 0.2) is 0 Å². The molecular formula is C12H26N2O. The fourth-order valence-corrected chi connectivity index (χ4v) is 1.50. The molecule has 0 aromatic carbocycles. The van der Waals surface area contributed by atoms with Crippen molar-refractivity contribution < 1.29 is 4.74 Å². The lowest BCUT2D eigenvalue weighted by Crippen LogP contribution is -2.59. The minimum Gasteiger partial charge on any atom is -0.371 e. The molecule has 0 saturated carbocycles. The van der Waals surface area contributed by atoms with Gasteiger partial charge in [0, 0.05) is 26.2 Å². The average Bonchev–Trinajstić information content (AvgIpc) is 2.14. The van der Waals surface area contributed by atoms with E-state index in [1.165, 1.54) is 6.42 Å². The van der Waals surface area contributed by atoms with E-state index in [2.05, 4.69) is 38.3 Å². The lowest BCUT2D eigenvalue weighted by atomic mass is 9.90. The molecule has 2 N–H and O–H groups in total. The Kier molecular flexibility index (Phi) is 4.56. The summed E-state index contributed by atoms with van der Waals surface area (Å²) >= 11 is 0. The molecule has 0 bridgehead atoms. The van der Waals surface area contributed by atoms with Crippen molar-refractivity contribution in [2.75, 3.05) is 32.8 Å². The summed E-state index contributed by atoms with van der Waals surface area (Å²) in [5, 5.41) is 6.68. The van der Waals surface area contributed by atoms with Crippen LogP contribution in [0.5, 0.6) is 0 Å². The Hall–Kier alpha value is -0.120. The lowest BCUT2D eigenvalue weighted by molar-refractivity contribution is -0.0650. The molecule has 0 radical (unpaired) electrons. The zero-order valence-electron chi connectivity index (χ0n) is 10.7. The monoisotopic (exact) mass is 214 g/mol. The first-order chi connectivity index (χ1) is 6.97. The molecule has 3 heteroatoms. The molecule has 1 fully saturated rings. The molecule has 0 atom stereocenters. The van der Waals surface area contributed by atoms with Gasteiger partial charge in [-0.2, -0.15) is 0 Å². The molecule has 0 aromatic heterocycles. The van der Waals surface area contributed by atoms with Crippen molar-refractivity contribution in [2.45, 2.75) is 39.7 Å². The van der Waals surface area contributed by atoms with Gasteiger partial charge in [-0.1, -0.05) is 20.8 Å². The van der Waals surface area contributed by atoms with Gasteiger partial charge < -0.3 is 15.4 Å². The summed E-state index contributed by atoms with van der Waals surface area (Å²) < 4.78 is 5.79. The van der Waals surface area contributed by atoms with E-state index in [9.17, 15) is 0 Å². The van der Waals surface area contributed by atoms with Gasteiger partial charge in [0.2, 0.25) is 0 Å². The van der Waals surface area contributed by atoms with Crippen molar-refractivity contribution in [3.63, 3.8) is 0 Å². The molecule has 1 heterocycles. The van der Waals surface area contributed by atoms with Gasteiger partial charge >= 0.3 is 0 Å². The van der Waals surface area contributed by atoms with Gasteiger partial charge in [-0.05, 0) is 18.8 Å². The van der Waals surface area contributed by atoms with Crippen molar-refractivity contribution in [3.05, 3.63) is 0 Å². The first-order valence-corrected chi connectivity index (χ1v) is 6.03. The van der Waals surface area contributed by atoms with Crippen LogP contribution in [-0.2, 0) is 4.74 Å². The van der Waals surface area contributed by atoms with E-state index in [1.54, 1.807) is 0 Å². The molecular weight excluding hydrogens is 188 g/mol. The predicted molar refractivity (Wildman–Crippen MR) is 64.2 cm³/mol. The van der Waals surface area contributed by atoms with Crippen LogP contribution in [-0.4, -0.2) is 38.4 Å². The molecule has 0 spiro atoms. The van der Waals surface area contributed by atoms with Crippen LogP contribution in [0.1, 0.15) is 34.1 Å². The molecule has 1 saturated heterocycles. The first kappa shape index (κ1) is 12.9. The highest BCUT2D eigenvalue weighted by atomic mass is 16.5. The minimum atomic E-state index is 0.0992. The van der Waals surface area contributed by atoms with E-state index >= 15 is 0 Å². The molecule has 3 nitrogen and oxygen atoms in total. The van der Waals surface area contributed by atoms with E-state index in [4.69, 9.17) is 4.74 Å². The summed E-state index contributed by atoms with van der Waals surface area (Å²) in [6.45, 7) is 13.8. The largest absolute Gasteiger partial charge is 0.371 e. The highest BCUT2D eigenvalue weighted by Crippen LogP contribution is 2.17. The highest BCUT2D eigenvalue weighted by Gasteiger charge is 2.31. The molecule has 0 amide bonds. The normalized spacial score (nSPS) is 20.0. The summed E-state index contributed by atoms with van der Waals surface area (Å²) in [4.78, 5) is 0. The standard InChI is InChI=1S/C12H26N2O/c1-5-11(2,3)8-13-6-7-15-12(4)9-14-10-12/h13-14H,5-10H2,1-4H3. The van der Waals surface area contributed by atoms with Crippen LogP contribution in [0.3, 0.4) is 0 Å². The maximum atomic E-state index is 5.79. The zero-order chi connectivity index (χ0) is 11.4. The summed E-state index contributed by atoms with van der Waals surface area (Å²) in [6, 6.07) is 0. The van der Waals surface area contributed by atoms with Crippen LogP contribution in [0, 0.1) is 5.41 Å². The quantitative estimate of drug-likeness (QED) is 0.628. The molecule has 0 unspecified atom stereocenters. The maximum absolute atomic E-state index is 5.79. The Morgan fingerprint density at radius 2 is 2.07 bits per heavy atom. The third kappa shape index (κ3) is 4.49. The number of hydrogen-bond donors (Lipinski definition) is 2. The van der Waals surface area contributed by atoms with E-state index in [0.29, 0.717) is 5.41 Å². The van der Waals surface area contributed by atoms with Gasteiger partial charge in [-0.25, -0.2) is 0 Å². The Morgan fingerprint density at radius 3 is 2.53 bits per heavy atom. The Morgan fingerprint density at radius 1 is 1.40 bits per heavy atom. The van der Waals surface area contributed by atoms with Crippen LogP contribution in [0.25, 0.3) is 0 Å². The Balaban J connectivity index is 1.97. The lowest BCUT2D eigenvalue weighted by Gasteiger charge is -2.39. The molecule has 0 aliphatic carbocycles. The number of rotatable bonds is 7. The van der Waals surface area contributed by atoms with Crippen molar-refractivity contribution in [2.24, 2.45) is 5.41 Å². The Labute approximate surface area is 94.0 Å². The van der Waals surface area contributed by atoms with Crippen LogP contribution in [0.4, 0.5) is 0 Å². The van der Waals surface area contributed by atoms with Gasteiger partial charge in [0.25, 0.3) is 0 Å². The number of ether oxygens (including phenoxy) is 1. The summed E-state index contributed by atoms with van der Waals surface area (Å²) in [6.07, 6.45) is 1.21. The second-order valence-electron chi connectivity index (χ2n) is 5.60. The van der Waals surface area contributed by atoms with Crippen LogP contribution >= 0.6 is 0 Å². The van der Waals surface area contributed by atoms with E-state index in [1.807, 2.05) is 0 Å². The van der Waals surface area contributed by atoms with Crippen LogP contribution in [0.2, 0.25) is 0 Å². The molecule has 1 aliphatic heterocycles. The third-order valence-corrected chi connectivity index (χ3v) is 3.29. The summed E-state index contributed by atoms with van der Waals surface area (Å²) in [5.41, 5.74) is 0.504. The van der Waals surface area contributed by atoms with Crippen LogP contribution < -0.4 is 10.6 Å². The molecule has 90 valence electrons. The second kappa shape index (κ2) is 5.28. The van der Waals surface area contributed by atoms with Gasteiger partial charge in [-0.15, -0.1) is 0 Å². The average molecular weight is 214 g/mol. The molecule has 0 aromatic rings. The fourth-order valence-electron chi connectivity index (χ4n) is 1.50. The summed E-state index contributed by atoms with van der Waals surface area (Å²) in [7, 11) is 0. The van der Waals surface area contributed by atoms with Crippen molar-refractivity contribution in [1.29, 1.82) is 0 Å². The van der Waals surface area contributed by atoms with Crippen molar-refractivity contribution in [3.8, 4) is 0 Å². The zero-order valence-corrected chi connectivity index (χ0v) is 10.7. The van der Waals surface area contributed by atoms with E-state index < -0.39 is 0 Å². The highest BCUT2D eigenvalue weighted by molar-refractivity contribution is 4.90. The van der Waals surface area contributed by atoms with Crippen molar-refractivity contribution in [1.82, 2.24) is 10.6 Å². The Bertz CT molecular complexity index is 175.